The maximum absolute atomic E-state index is 13.0. The van der Waals surface area contributed by atoms with Crippen LogP contribution in [0, 0.1) is 0 Å². The number of benzene rings is 3. The molecule has 1 atom stereocenters. The maximum atomic E-state index is 13.0. The summed E-state index contributed by atoms with van der Waals surface area (Å²) in [4.78, 5) is 0. The molecule has 10 heteroatoms. The topological polar surface area (TPSA) is 94.8 Å². The Hall–Kier alpha value is -1.67. The van der Waals surface area contributed by atoms with E-state index >= 15 is 0 Å². The molecular formula is C19H12Cl4O5S. The summed E-state index contributed by atoms with van der Waals surface area (Å²) < 4.78 is 33.9. The van der Waals surface area contributed by atoms with Crippen molar-refractivity contribution in [3.8, 4) is 11.5 Å². The van der Waals surface area contributed by atoms with Crippen LogP contribution < -0.4 is 0 Å². The summed E-state index contributed by atoms with van der Waals surface area (Å²) in [6.45, 7) is 0. The first-order valence-electron chi connectivity index (χ1n) is 7.90. The first kappa shape index (κ1) is 22.0. The molecule has 0 aliphatic rings. The number of halogens is 4. The summed E-state index contributed by atoms with van der Waals surface area (Å²) in [6, 6.07) is 11.9. The van der Waals surface area contributed by atoms with E-state index in [1.807, 2.05) is 0 Å². The third kappa shape index (κ3) is 3.54. The van der Waals surface area contributed by atoms with E-state index in [1.165, 1.54) is 54.6 Å². The van der Waals surface area contributed by atoms with Crippen LogP contribution in [0.3, 0.4) is 0 Å². The van der Waals surface area contributed by atoms with Crippen LogP contribution in [0.1, 0.15) is 16.7 Å². The quantitative estimate of drug-likeness (QED) is 0.311. The lowest BCUT2D eigenvalue weighted by atomic mass is 9.82. The van der Waals surface area contributed by atoms with Crippen LogP contribution >= 0.6 is 46.4 Å². The molecule has 0 radical (unpaired) electrons. The Kier molecular flexibility index (Phi) is 5.98. The highest BCUT2D eigenvalue weighted by molar-refractivity contribution is 7.87. The van der Waals surface area contributed by atoms with E-state index in [1.54, 1.807) is 0 Å². The third-order valence-corrected chi connectivity index (χ3v) is 6.98. The summed E-state index contributed by atoms with van der Waals surface area (Å²) in [5.74, 6) is -1.28. The Morgan fingerprint density at radius 2 is 1.34 bits per heavy atom. The van der Waals surface area contributed by atoms with E-state index in [-0.39, 0.29) is 25.7 Å². The average Bonchev–Trinajstić information content (AvgIpc) is 2.62. The Labute approximate surface area is 186 Å². The van der Waals surface area contributed by atoms with Crippen LogP contribution in [-0.2, 0) is 14.9 Å². The van der Waals surface area contributed by atoms with Gasteiger partial charge >= 0.3 is 0 Å². The molecule has 3 aromatic rings. The SMILES string of the molecule is O=S(=O)(O)C(c1cccc(Cl)c1)(c1c(O)cccc1Cl)c1c(Cl)ccc(Cl)c1O. The van der Waals surface area contributed by atoms with Crippen LogP contribution in [-0.4, -0.2) is 23.2 Å². The predicted molar refractivity (Wildman–Crippen MR) is 114 cm³/mol. The molecule has 3 N–H and O–H groups in total. The average molecular weight is 494 g/mol. The highest BCUT2D eigenvalue weighted by Gasteiger charge is 2.54. The van der Waals surface area contributed by atoms with E-state index in [0.717, 1.165) is 0 Å². The van der Waals surface area contributed by atoms with Gasteiger partial charge in [-0.2, -0.15) is 8.42 Å². The fourth-order valence-electron chi connectivity index (χ4n) is 3.27. The van der Waals surface area contributed by atoms with Crippen LogP contribution in [0.2, 0.25) is 20.1 Å². The van der Waals surface area contributed by atoms with Crippen molar-refractivity contribution in [2.75, 3.05) is 0 Å². The lowest BCUT2D eigenvalue weighted by Gasteiger charge is -2.34. The van der Waals surface area contributed by atoms with Gasteiger partial charge in [0.15, 0.2) is 4.75 Å². The van der Waals surface area contributed by atoms with Gasteiger partial charge in [-0.05, 0) is 42.0 Å². The van der Waals surface area contributed by atoms with Crippen molar-refractivity contribution in [2.24, 2.45) is 0 Å². The lowest BCUT2D eigenvalue weighted by Crippen LogP contribution is -2.39. The van der Waals surface area contributed by atoms with Crippen LogP contribution in [0.4, 0.5) is 0 Å². The summed E-state index contributed by atoms with van der Waals surface area (Å²) in [5.41, 5.74) is -1.04. The number of hydrogen-bond acceptors (Lipinski definition) is 4. The molecule has 1 unspecified atom stereocenters. The standard InChI is InChI=1S/C19H12Cl4O5S/c20-11-4-1-3-10(9-11)19(29(26,27)28,16-12(21)5-2-6-15(16)24)17-13(22)7-8-14(23)18(17)25/h1-9,24-25H,(H,26,27,28). The van der Waals surface area contributed by atoms with Crippen molar-refractivity contribution in [3.05, 3.63) is 91.4 Å². The molecule has 3 aromatic carbocycles. The number of phenolic OH excluding ortho intramolecular Hbond substituents is 2. The molecule has 0 aliphatic heterocycles. The van der Waals surface area contributed by atoms with Crippen LogP contribution in [0.15, 0.2) is 54.6 Å². The van der Waals surface area contributed by atoms with Gasteiger partial charge in [-0.3, -0.25) is 4.55 Å². The zero-order chi connectivity index (χ0) is 21.6. The summed E-state index contributed by atoms with van der Waals surface area (Å²) in [5, 5.41) is 20.7. The largest absolute Gasteiger partial charge is 0.508 e. The molecule has 0 saturated heterocycles. The Morgan fingerprint density at radius 1 is 0.759 bits per heavy atom. The maximum Gasteiger partial charge on any atom is 0.283 e. The van der Waals surface area contributed by atoms with E-state index in [9.17, 15) is 23.2 Å². The van der Waals surface area contributed by atoms with Gasteiger partial charge in [-0.15, -0.1) is 0 Å². The zero-order valence-corrected chi connectivity index (χ0v) is 18.1. The van der Waals surface area contributed by atoms with Gasteiger partial charge in [-0.25, -0.2) is 0 Å². The third-order valence-electron chi connectivity index (χ3n) is 4.39. The second-order valence-corrected chi connectivity index (χ2v) is 9.27. The fraction of sp³-hybridized carbons (Fsp3) is 0.0526. The van der Waals surface area contributed by atoms with Crippen LogP contribution in [0.5, 0.6) is 11.5 Å². The van der Waals surface area contributed by atoms with Crippen molar-refractivity contribution in [1.29, 1.82) is 0 Å². The second-order valence-electron chi connectivity index (χ2n) is 6.05. The Morgan fingerprint density at radius 3 is 1.93 bits per heavy atom. The van der Waals surface area contributed by atoms with Gasteiger partial charge in [0, 0.05) is 26.2 Å². The van der Waals surface area contributed by atoms with Crippen molar-refractivity contribution in [1.82, 2.24) is 0 Å². The molecule has 0 heterocycles. The van der Waals surface area contributed by atoms with Crippen LogP contribution in [0.25, 0.3) is 0 Å². The molecule has 0 fully saturated rings. The van der Waals surface area contributed by atoms with Gasteiger partial charge < -0.3 is 10.2 Å². The van der Waals surface area contributed by atoms with Crippen molar-refractivity contribution in [3.63, 3.8) is 0 Å². The first-order chi connectivity index (χ1) is 13.5. The van der Waals surface area contributed by atoms with E-state index < -0.39 is 37.5 Å². The molecule has 29 heavy (non-hydrogen) atoms. The van der Waals surface area contributed by atoms with E-state index in [0.29, 0.717) is 0 Å². The van der Waals surface area contributed by atoms with E-state index in [2.05, 4.69) is 0 Å². The number of aromatic hydroxyl groups is 2. The van der Waals surface area contributed by atoms with Crippen molar-refractivity contribution >= 4 is 56.5 Å². The minimum atomic E-state index is -5.22. The zero-order valence-electron chi connectivity index (χ0n) is 14.3. The molecule has 3 rings (SSSR count). The molecule has 0 spiro atoms. The normalized spacial score (nSPS) is 13.8. The molecule has 0 amide bonds. The second kappa shape index (κ2) is 7.87. The number of rotatable bonds is 4. The molecule has 152 valence electrons. The van der Waals surface area contributed by atoms with Gasteiger partial charge in [0.2, 0.25) is 0 Å². The summed E-state index contributed by atoms with van der Waals surface area (Å²) >= 11 is 24.7. The highest BCUT2D eigenvalue weighted by atomic mass is 35.5. The summed E-state index contributed by atoms with van der Waals surface area (Å²) in [6.07, 6.45) is 0. The van der Waals surface area contributed by atoms with Gasteiger partial charge in [0.1, 0.15) is 11.5 Å². The Bertz CT molecular complexity index is 1190. The van der Waals surface area contributed by atoms with E-state index in [4.69, 9.17) is 46.4 Å². The van der Waals surface area contributed by atoms with Gasteiger partial charge in [-0.1, -0.05) is 64.6 Å². The number of hydrogen-bond donors (Lipinski definition) is 3. The predicted octanol–water partition coefficient (Wildman–Crippen LogP) is 5.89. The highest BCUT2D eigenvalue weighted by Crippen LogP contribution is 2.55. The molecule has 0 aliphatic carbocycles. The molecule has 0 aromatic heterocycles. The van der Waals surface area contributed by atoms with Gasteiger partial charge in [0.05, 0.1) is 5.02 Å². The summed E-state index contributed by atoms with van der Waals surface area (Å²) in [7, 11) is -5.22. The van der Waals surface area contributed by atoms with Gasteiger partial charge in [0.25, 0.3) is 10.1 Å². The minimum absolute atomic E-state index is 0.125. The van der Waals surface area contributed by atoms with Crippen molar-refractivity contribution in [2.45, 2.75) is 4.75 Å². The molecule has 0 saturated carbocycles. The smallest absolute Gasteiger partial charge is 0.283 e. The fourth-order valence-corrected chi connectivity index (χ4v) is 5.69. The number of phenols is 2. The van der Waals surface area contributed by atoms with Crippen molar-refractivity contribution < 1.29 is 23.2 Å². The molecule has 0 bridgehead atoms. The lowest BCUT2D eigenvalue weighted by molar-refractivity contribution is 0.428. The Balaban J connectivity index is 2.71. The first-order valence-corrected chi connectivity index (χ1v) is 10.9. The monoisotopic (exact) mass is 492 g/mol. The molecule has 5 nitrogen and oxygen atoms in total. The molecular weight excluding hydrogens is 482 g/mol. The minimum Gasteiger partial charge on any atom is -0.508 e.